The van der Waals surface area contributed by atoms with Crippen molar-refractivity contribution in [3.8, 4) is 0 Å². The average molecular weight is 351 g/mol. The predicted octanol–water partition coefficient (Wildman–Crippen LogP) is -6.34. The lowest BCUT2D eigenvalue weighted by Gasteiger charge is -2.58. The van der Waals surface area contributed by atoms with Crippen LogP contribution < -0.4 is 63.1 Å². The summed E-state index contributed by atoms with van der Waals surface area (Å²) in [7, 11) is 0. The van der Waals surface area contributed by atoms with Gasteiger partial charge in [0.15, 0.2) is 5.66 Å². The first-order valence-electron chi connectivity index (χ1n) is 7.30. The van der Waals surface area contributed by atoms with Crippen LogP contribution >= 0.6 is 0 Å². The van der Waals surface area contributed by atoms with E-state index in [0.29, 0.717) is 12.8 Å². The zero-order valence-corrected chi connectivity index (χ0v) is 13.9. The topological polar surface area (TPSA) is 324 Å². The Hall–Kier alpha value is -0.970. The van der Waals surface area contributed by atoms with E-state index in [1.54, 1.807) is 0 Å². The zero-order valence-electron chi connectivity index (χ0n) is 13.9. The molecule has 0 heterocycles. The van der Waals surface area contributed by atoms with Crippen LogP contribution in [0.3, 0.4) is 0 Å². The lowest BCUT2D eigenvalue weighted by atomic mass is 9.69. The van der Waals surface area contributed by atoms with Gasteiger partial charge in [0.05, 0.1) is 0 Å². The van der Waals surface area contributed by atoms with Gasteiger partial charge in [-0.2, -0.15) is 0 Å². The number of aliphatic carboxylic acids is 1. The summed E-state index contributed by atoms with van der Waals surface area (Å²) in [5.41, 5.74) is 51.4. The Bertz CT molecular complexity index is 461. The van der Waals surface area contributed by atoms with Crippen LogP contribution in [0.4, 0.5) is 0 Å². The summed E-state index contributed by atoms with van der Waals surface area (Å²) >= 11 is 0. The van der Waals surface area contributed by atoms with Gasteiger partial charge in [0.1, 0.15) is 22.7 Å². The van der Waals surface area contributed by atoms with Gasteiger partial charge in [0.25, 0.3) is 0 Å². The summed E-state index contributed by atoms with van der Waals surface area (Å²) in [6.07, 6.45) is 1.81. The van der Waals surface area contributed by atoms with Gasteiger partial charge in [-0.05, 0) is 6.42 Å². The Morgan fingerprint density at radius 2 is 1.29 bits per heavy atom. The lowest BCUT2D eigenvalue weighted by molar-refractivity contribution is -0.149. The number of unbranched alkanes of at least 4 members (excludes halogenated alkanes) is 1. The molecule has 13 heteroatoms. The van der Waals surface area contributed by atoms with Gasteiger partial charge in [0, 0.05) is 6.04 Å². The van der Waals surface area contributed by atoms with Crippen molar-refractivity contribution in [1.82, 2.24) is 0 Å². The second-order valence-corrected chi connectivity index (χ2v) is 6.46. The lowest BCUT2D eigenvalue weighted by Crippen LogP contribution is -3.03. The standard InChI is InChI=1S/C11H33N11O2/c1-2-3-4-5(12)7(13,14)9(17,18)11(21,22)10(19,20)8(15,16)6(23)24/h5H,2-4,12-22H2,1H3,(H,23,24). The third kappa shape index (κ3) is 3.24. The molecule has 0 aliphatic heterocycles. The van der Waals surface area contributed by atoms with Gasteiger partial charge >= 0.3 is 5.97 Å². The van der Waals surface area contributed by atoms with Gasteiger partial charge < -0.3 is 68.2 Å². The van der Waals surface area contributed by atoms with Crippen molar-refractivity contribution in [2.75, 3.05) is 0 Å². The van der Waals surface area contributed by atoms with E-state index in [1.807, 2.05) is 6.92 Å². The molecule has 0 rings (SSSR count). The molecule has 1 unspecified atom stereocenters. The van der Waals surface area contributed by atoms with Crippen molar-refractivity contribution in [2.24, 2.45) is 63.1 Å². The van der Waals surface area contributed by atoms with Gasteiger partial charge in [0.2, 0.25) is 0 Å². The maximum Gasteiger partial charge on any atom is 0.342 e. The summed E-state index contributed by atoms with van der Waals surface area (Å²) in [6, 6.07) is -0.954. The largest absolute Gasteiger partial charge is 0.479 e. The van der Waals surface area contributed by atoms with E-state index in [2.05, 4.69) is 0 Å². The summed E-state index contributed by atoms with van der Waals surface area (Å²) in [6.45, 7) is 1.92. The first-order chi connectivity index (χ1) is 10.4. The first kappa shape index (κ1) is 23.0. The van der Waals surface area contributed by atoms with Crippen LogP contribution in [0.25, 0.3) is 0 Å². The second kappa shape index (κ2) is 6.74. The van der Waals surface area contributed by atoms with Crippen molar-refractivity contribution < 1.29 is 9.90 Å². The SMILES string of the molecule is CCCCC(N)C(N)(N)C(N)(N)C(N)(N)C(N)(N)C(N)(N)C(=O)O. The van der Waals surface area contributed by atoms with Crippen molar-refractivity contribution in [3.05, 3.63) is 0 Å². The normalized spacial score (nSPS) is 16.2. The van der Waals surface area contributed by atoms with Gasteiger partial charge in [-0.3, -0.25) is 0 Å². The maximum atomic E-state index is 11.3. The highest BCUT2D eigenvalue weighted by molar-refractivity contribution is 5.80. The summed E-state index contributed by atoms with van der Waals surface area (Å²) in [5, 5.41) is 9.14. The fourth-order valence-corrected chi connectivity index (χ4v) is 2.19. The Morgan fingerprint density at radius 3 is 1.62 bits per heavy atom. The smallest absolute Gasteiger partial charge is 0.342 e. The number of nitrogens with two attached hydrogens (primary N) is 11. The van der Waals surface area contributed by atoms with E-state index in [-0.39, 0.29) is 0 Å². The molecule has 0 amide bonds. The molecule has 0 fully saturated rings. The highest BCUT2D eigenvalue weighted by atomic mass is 16.4. The van der Waals surface area contributed by atoms with Crippen LogP contribution in [-0.2, 0) is 4.79 Å². The Labute approximate surface area is 140 Å². The average Bonchev–Trinajstić information content (AvgIpc) is 2.43. The van der Waals surface area contributed by atoms with Crippen LogP contribution in [0, 0.1) is 0 Å². The van der Waals surface area contributed by atoms with Crippen molar-refractivity contribution in [2.45, 2.75) is 60.5 Å². The van der Waals surface area contributed by atoms with E-state index in [1.165, 1.54) is 0 Å². The van der Waals surface area contributed by atoms with Gasteiger partial charge in [-0.15, -0.1) is 0 Å². The summed E-state index contributed by atoms with van der Waals surface area (Å²) in [4.78, 5) is 11.3. The molecule has 24 heavy (non-hydrogen) atoms. The minimum Gasteiger partial charge on any atom is -0.479 e. The second-order valence-electron chi connectivity index (χ2n) is 6.46. The molecule has 23 N–H and O–H groups in total. The third-order valence-electron chi connectivity index (χ3n) is 4.61. The summed E-state index contributed by atoms with van der Waals surface area (Å²) in [5.74, 6) is -1.79. The maximum absolute atomic E-state index is 11.3. The third-order valence-corrected chi connectivity index (χ3v) is 4.61. The van der Waals surface area contributed by atoms with Crippen LogP contribution in [0.15, 0.2) is 0 Å². The fraction of sp³-hybridized carbons (Fsp3) is 0.909. The van der Waals surface area contributed by atoms with Crippen LogP contribution in [0.1, 0.15) is 26.2 Å². The molecule has 1 atom stereocenters. The first-order valence-corrected chi connectivity index (χ1v) is 7.30. The quantitative estimate of drug-likeness (QED) is 0.172. The highest BCUT2D eigenvalue weighted by Gasteiger charge is 2.68. The molecular formula is C11H33N11O2. The predicted molar refractivity (Wildman–Crippen MR) is 90.7 cm³/mol. The number of carbonyl (C=O) groups is 1. The van der Waals surface area contributed by atoms with E-state index in [4.69, 9.17) is 68.2 Å². The number of carboxylic acids is 1. The van der Waals surface area contributed by atoms with E-state index in [0.717, 1.165) is 6.42 Å². The number of hydrogen-bond donors (Lipinski definition) is 12. The Morgan fingerprint density at radius 1 is 0.875 bits per heavy atom. The van der Waals surface area contributed by atoms with Crippen LogP contribution in [0.5, 0.6) is 0 Å². The molecule has 0 radical (unpaired) electrons. The van der Waals surface area contributed by atoms with E-state index in [9.17, 15) is 4.79 Å². The Kier molecular flexibility index (Phi) is 6.46. The molecule has 13 nitrogen and oxygen atoms in total. The van der Waals surface area contributed by atoms with Crippen molar-refractivity contribution >= 4 is 5.97 Å². The molecule has 0 saturated heterocycles. The Balaban J connectivity index is 6.02. The molecule has 0 aliphatic carbocycles. The van der Waals surface area contributed by atoms with Crippen molar-refractivity contribution in [3.63, 3.8) is 0 Å². The molecule has 0 aromatic rings. The monoisotopic (exact) mass is 351 g/mol. The van der Waals surface area contributed by atoms with Crippen LogP contribution in [-0.4, -0.2) is 45.4 Å². The zero-order chi connectivity index (χ0) is 19.8. The molecular weight excluding hydrogens is 318 g/mol. The van der Waals surface area contributed by atoms with Crippen LogP contribution in [0.2, 0.25) is 0 Å². The van der Waals surface area contributed by atoms with Gasteiger partial charge in [-0.25, -0.2) is 4.79 Å². The molecule has 0 aromatic heterocycles. The molecule has 0 aliphatic rings. The number of rotatable bonds is 9. The molecule has 0 saturated carbocycles. The van der Waals surface area contributed by atoms with Gasteiger partial charge in [-0.1, -0.05) is 19.8 Å². The number of carboxylic acid groups (broad SMARTS) is 1. The molecule has 144 valence electrons. The molecule has 0 aromatic carbocycles. The number of hydrogen-bond acceptors (Lipinski definition) is 12. The molecule has 0 spiro atoms. The van der Waals surface area contributed by atoms with Crippen molar-refractivity contribution in [1.29, 1.82) is 0 Å². The fourth-order valence-electron chi connectivity index (χ4n) is 2.19. The summed E-state index contributed by atoms with van der Waals surface area (Å²) < 4.78 is 0. The minimum absolute atomic E-state index is 0.340. The minimum atomic E-state index is -2.80. The van der Waals surface area contributed by atoms with E-state index >= 15 is 0 Å². The molecule has 0 bridgehead atoms. The van der Waals surface area contributed by atoms with E-state index < -0.39 is 40.3 Å². The highest BCUT2D eigenvalue weighted by Crippen LogP contribution is 2.28.